The van der Waals surface area contributed by atoms with E-state index in [2.05, 4.69) is 5.32 Å². The first kappa shape index (κ1) is 17.5. The second-order valence-corrected chi connectivity index (χ2v) is 6.86. The summed E-state index contributed by atoms with van der Waals surface area (Å²) in [7, 11) is 0. The summed E-state index contributed by atoms with van der Waals surface area (Å²) in [5.41, 5.74) is 3.15. The Balaban J connectivity index is 1.94. The molecule has 1 aromatic heterocycles. The lowest BCUT2D eigenvalue weighted by molar-refractivity contribution is -0.116. The van der Waals surface area contributed by atoms with Crippen molar-refractivity contribution in [1.82, 2.24) is 4.57 Å². The summed E-state index contributed by atoms with van der Waals surface area (Å²) in [6.07, 6.45) is 1.63. The van der Waals surface area contributed by atoms with Crippen molar-refractivity contribution >= 4 is 45.7 Å². The van der Waals surface area contributed by atoms with Crippen LogP contribution in [-0.4, -0.2) is 10.5 Å². The molecule has 0 aliphatic carbocycles. The van der Waals surface area contributed by atoms with Crippen LogP contribution in [0.3, 0.4) is 0 Å². The van der Waals surface area contributed by atoms with Gasteiger partial charge in [-0.2, -0.15) is 0 Å². The number of anilines is 1. The highest BCUT2D eigenvalue weighted by atomic mass is 35.5. The number of aromatic nitrogens is 1. The number of amides is 1. The van der Waals surface area contributed by atoms with Crippen LogP contribution in [0.1, 0.15) is 11.1 Å². The molecule has 0 saturated carbocycles. The highest BCUT2D eigenvalue weighted by Gasteiger charge is 2.10. The largest absolute Gasteiger partial charge is 0.338 e. The summed E-state index contributed by atoms with van der Waals surface area (Å²) in [6, 6.07) is 10.2. The molecule has 0 aliphatic heterocycles. The third-order valence-electron chi connectivity index (χ3n) is 3.88. The first-order valence-corrected chi connectivity index (χ1v) is 8.45. The van der Waals surface area contributed by atoms with Crippen molar-refractivity contribution in [3.8, 4) is 0 Å². The Bertz CT molecular complexity index is 1020. The Kier molecular flexibility index (Phi) is 4.84. The number of nitrogens with one attached hydrogen (secondary N) is 1. The van der Waals surface area contributed by atoms with Crippen LogP contribution in [0.5, 0.6) is 0 Å². The van der Waals surface area contributed by atoms with E-state index in [4.69, 9.17) is 23.2 Å². The van der Waals surface area contributed by atoms with E-state index in [1.165, 1.54) is 6.07 Å². The van der Waals surface area contributed by atoms with Crippen molar-refractivity contribution in [2.45, 2.75) is 20.4 Å². The molecular formula is C19H16Cl2N2O2. The number of halogens is 2. The van der Waals surface area contributed by atoms with Gasteiger partial charge in [0.2, 0.25) is 5.91 Å². The van der Waals surface area contributed by atoms with Gasteiger partial charge in [-0.15, -0.1) is 0 Å². The molecule has 1 amide bonds. The molecule has 25 heavy (non-hydrogen) atoms. The molecule has 0 unspecified atom stereocenters. The lowest BCUT2D eigenvalue weighted by atomic mass is 10.1. The maximum atomic E-state index is 12.4. The third kappa shape index (κ3) is 3.86. The summed E-state index contributed by atoms with van der Waals surface area (Å²) >= 11 is 11.9. The molecule has 2 aromatic carbocycles. The fraction of sp³-hybridized carbons (Fsp3) is 0.158. The van der Waals surface area contributed by atoms with Crippen LogP contribution >= 0.6 is 23.2 Å². The molecule has 3 rings (SSSR count). The molecule has 3 aromatic rings. The summed E-state index contributed by atoms with van der Waals surface area (Å²) in [5.74, 6) is -0.234. The van der Waals surface area contributed by atoms with Gasteiger partial charge in [-0.3, -0.25) is 9.59 Å². The minimum atomic E-state index is -0.234. The Labute approximate surface area is 155 Å². The maximum Gasteiger partial charge on any atom is 0.244 e. The highest BCUT2D eigenvalue weighted by Crippen LogP contribution is 2.23. The van der Waals surface area contributed by atoms with Crippen LogP contribution < -0.4 is 10.7 Å². The monoisotopic (exact) mass is 374 g/mol. The van der Waals surface area contributed by atoms with Crippen molar-refractivity contribution in [1.29, 1.82) is 0 Å². The number of hydrogen-bond donors (Lipinski definition) is 1. The van der Waals surface area contributed by atoms with Crippen molar-refractivity contribution in [2.24, 2.45) is 0 Å². The van der Waals surface area contributed by atoms with Gasteiger partial charge in [0.25, 0.3) is 0 Å². The molecule has 0 aliphatic rings. The lowest BCUT2D eigenvalue weighted by Crippen LogP contribution is -2.20. The number of hydrogen-bond acceptors (Lipinski definition) is 2. The first-order chi connectivity index (χ1) is 11.8. The Morgan fingerprint density at radius 2 is 1.76 bits per heavy atom. The van der Waals surface area contributed by atoms with Crippen molar-refractivity contribution in [2.75, 3.05) is 5.32 Å². The number of aryl methyl sites for hydroxylation is 2. The van der Waals surface area contributed by atoms with Crippen LogP contribution in [0, 0.1) is 13.8 Å². The van der Waals surface area contributed by atoms with Gasteiger partial charge in [-0.25, -0.2) is 0 Å². The van der Waals surface area contributed by atoms with Gasteiger partial charge in [0.05, 0.1) is 5.52 Å². The summed E-state index contributed by atoms with van der Waals surface area (Å²) in [6.45, 7) is 3.93. The van der Waals surface area contributed by atoms with Crippen molar-refractivity contribution < 1.29 is 4.79 Å². The Hall–Kier alpha value is -2.30. The van der Waals surface area contributed by atoms with Crippen LogP contribution in [0.4, 0.5) is 5.69 Å². The van der Waals surface area contributed by atoms with E-state index in [1.54, 1.807) is 29.0 Å². The van der Waals surface area contributed by atoms with Gasteiger partial charge in [0, 0.05) is 33.4 Å². The normalized spacial score (nSPS) is 10.9. The average molecular weight is 375 g/mol. The van der Waals surface area contributed by atoms with E-state index in [9.17, 15) is 9.59 Å². The zero-order chi connectivity index (χ0) is 18.1. The van der Waals surface area contributed by atoms with E-state index in [0.29, 0.717) is 21.1 Å². The third-order valence-corrected chi connectivity index (χ3v) is 4.32. The minimum absolute atomic E-state index is 0.0502. The van der Waals surface area contributed by atoms with Crippen LogP contribution in [0.25, 0.3) is 10.9 Å². The van der Waals surface area contributed by atoms with Gasteiger partial charge in [-0.1, -0.05) is 29.3 Å². The maximum absolute atomic E-state index is 12.4. The van der Waals surface area contributed by atoms with E-state index >= 15 is 0 Å². The summed E-state index contributed by atoms with van der Waals surface area (Å²) < 4.78 is 1.76. The SMILES string of the molecule is Cc1cc(C)c2c(=O)ccn(CC(=O)Nc3cc(Cl)cc(Cl)c3)c2c1. The number of pyridine rings is 1. The van der Waals surface area contributed by atoms with E-state index < -0.39 is 0 Å². The van der Waals surface area contributed by atoms with E-state index in [1.807, 2.05) is 26.0 Å². The van der Waals surface area contributed by atoms with Crippen molar-refractivity contribution in [3.63, 3.8) is 0 Å². The summed E-state index contributed by atoms with van der Waals surface area (Å²) in [5, 5.41) is 4.30. The summed E-state index contributed by atoms with van der Waals surface area (Å²) in [4.78, 5) is 24.6. The number of carbonyl (C=O) groups is 1. The second-order valence-electron chi connectivity index (χ2n) is 5.99. The molecular weight excluding hydrogens is 359 g/mol. The molecule has 1 heterocycles. The van der Waals surface area contributed by atoms with Crippen molar-refractivity contribution in [3.05, 3.63) is 74.0 Å². The number of nitrogens with zero attached hydrogens (tertiary/aromatic N) is 1. The molecule has 0 bridgehead atoms. The highest BCUT2D eigenvalue weighted by molar-refractivity contribution is 6.35. The van der Waals surface area contributed by atoms with Gasteiger partial charge >= 0.3 is 0 Å². The first-order valence-electron chi connectivity index (χ1n) is 7.70. The van der Waals surface area contributed by atoms with Gasteiger partial charge in [0.1, 0.15) is 6.54 Å². The zero-order valence-electron chi connectivity index (χ0n) is 13.8. The van der Waals surface area contributed by atoms with E-state index in [-0.39, 0.29) is 17.9 Å². The number of fused-ring (bicyclic) bond motifs is 1. The molecule has 4 nitrogen and oxygen atoms in total. The van der Waals surface area contributed by atoms with Gasteiger partial charge < -0.3 is 9.88 Å². The topological polar surface area (TPSA) is 51.1 Å². The average Bonchev–Trinajstić information content (AvgIpc) is 2.48. The Morgan fingerprint density at radius 3 is 2.44 bits per heavy atom. The number of carbonyl (C=O) groups excluding carboxylic acids is 1. The molecule has 0 fully saturated rings. The van der Waals surface area contributed by atoms with Crippen LogP contribution in [-0.2, 0) is 11.3 Å². The lowest BCUT2D eigenvalue weighted by Gasteiger charge is -2.13. The van der Waals surface area contributed by atoms with Gasteiger partial charge in [0.15, 0.2) is 5.43 Å². The smallest absolute Gasteiger partial charge is 0.244 e. The molecule has 128 valence electrons. The quantitative estimate of drug-likeness (QED) is 0.730. The fourth-order valence-corrected chi connectivity index (χ4v) is 3.46. The number of rotatable bonds is 3. The van der Waals surface area contributed by atoms with Crippen LogP contribution in [0.15, 0.2) is 47.4 Å². The van der Waals surface area contributed by atoms with Gasteiger partial charge in [-0.05, 0) is 49.2 Å². The standard InChI is InChI=1S/C19H16Cl2N2O2/c1-11-5-12(2)19-16(6-11)23(4-3-17(19)24)10-18(25)22-15-8-13(20)7-14(21)9-15/h3-9H,10H2,1-2H3,(H,22,25). The van der Waals surface area contributed by atoms with E-state index in [0.717, 1.165) is 16.6 Å². The Morgan fingerprint density at radius 1 is 1.08 bits per heavy atom. The second kappa shape index (κ2) is 6.90. The molecule has 0 atom stereocenters. The number of benzene rings is 2. The predicted molar refractivity (Wildman–Crippen MR) is 103 cm³/mol. The molecule has 6 heteroatoms. The van der Waals surface area contributed by atoms with Crippen LogP contribution in [0.2, 0.25) is 10.0 Å². The molecule has 0 spiro atoms. The fourth-order valence-electron chi connectivity index (χ4n) is 2.93. The molecule has 0 saturated heterocycles. The zero-order valence-corrected chi connectivity index (χ0v) is 15.3. The molecule has 1 N–H and O–H groups in total. The molecule has 0 radical (unpaired) electrons. The minimum Gasteiger partial charge on any atom is -0.338 e. The predicted octanol–water partition coefficient (Wildman–Crippen LogP) is 4.56.